The highest BCUT2D eigenvalue weighted by Gasteiger charge is 2.31. The Kier molecular flexibility index (Phi) is 6.13. The van der Waals surface area contributed by atoms with Crippen molar-refractivity contribution >= 4 is 5.91 Å². The second-order valence-corrected chi connectivity index (χ2v) is 7.39. The van der Waals surface area contributed by atoms with Gasteiger partial charge >= 0.3 is 6.18 Å². The van der Waals surface area contributed by atoms with Gasteiger partial charge in [-0.1, -0.05) is 17.3 Å². The summed E-state index contributed by atoms with van der Waals surface area (Å²) in [7, 11) is 1.55. The number of halogens is 3. The van der Waals surface area contributed by atoms with Crippen LogP contribution in [0.1, 0.15) is 21.7 Å². The summed E-state index contributed by atoms with van der Waals surface area (Å²) < 4.78 is 49.1. The average Bonchev–Trinajstić information content (AvgIpc) is 3.27. The Labute approximate surface area is 182 Å². The number of benzene rings is 2. The van der Waals surface area contributed by atoms with Gasteiger partial charge in [0.05, 0.1) is 19.2 Å². The summed E-state index contributed by atoms with van der Waals surface area (Å²) in [4.78, 5) is 20.8. The van der Waals surface area contributed by atoms with Crippen LogP contribution in [0.25, 0.3) is 11.5 Å². The minimum Gasteiger partial charge on any atom is -0.497 e. The molecular weight excluding hydrogens is 425 g/mol. The number of nitrogens with zero attached hydrogens (tertiary/aromatic N) is 4. The van der Waals surface area contributed by atoms with Gasteiger partial charge in [-0.05, 0) is 36.4 Å². The van der Waals surface area contributed by atoms with Crippen molar-refractivity contribution in [2.45, 2.75) is 12.7 Å². The monoisotopic (exact) mass is 446 g/mol. The predicted octanol–water partition coefficient (Wildman–Crippen LogP) is 3.72. The molecule has 32 heavy (non-hydrogen) atoms. The first-order chi connectivity index (χ1) is 15.3. The molecule has 0 unspecified atom stereocenters. The number of methoxy groups -OCH3 is 1. The van der Waals surface area contributed by atoms with Crippen LogP contribution in [-0.2, 0) is 12.7 Å². The van der Waals surface area contributed by atoms with E-state index >= 15 is 0 Å². The van der Waals surface area contributed by atoms with Crippen LogP contribution in [0.15, 0.2) is 53.1 Å². The molecule has 7 nitrogen and oxygen atoms in total. The van der Waals surface area contributed by atoms with E-state index in [0.29, 0.717) is 49.9 Å². The minimum atomic E-state index is -4.44. The Morgan fingerprint density at radius 3 is 2.56 bits per heavy atom. The summed E-state index contributed by atoms with van der Waals surface area (Å²) in [6.45, 7) is 2.68. The number of alkyl halides is 3. The lowest BCUT2D eigenvalue weighted by atomic mass is 10.1. The lowest BCUT2D eigenvalue weighted by Crippen LogP contribution is -2.48. The van der Waals surface area contributed by atoms with E-state index in [1.807, 2.05) is 0 Å². The molecule has 0 spiro atoms. The summed E-state index contributed by atoms with van der Waals surface area (Å²) in [6.07, 6.45) is -4.44. The highest BCUT2D eigenvalue weighted by molar-refractivity contribution is 5.94. The molecule has 0 N–H and O–H groups in total. The van der Waals surface area contributed by atoms with Gasteiger partial charge in [-0.25, -0.2) is 0 Å². The standard InChI is InChI=1S/C22H21F3N4O3/c1-31-18-7-3-5-16(13-18)21(30)29-10-8-28(9-11-29)14-19-26-20(32-27-19)15-4-2-6-17(12-15)22(23,24)25/h2-7,12-13H,8-11,14H2,1H3. The minimum absolute atomic E-state index is 0.0398. The Bertz CT molecular complexity index is 1090. The molecule has 0 saturated carbocycles. The van der Waals surface area contributed by atoms with E-state index < -0.39 is 11.7 Å². The van der Waals surface area contributed by atoms with Crippen molar-refractivity contribution in [2.75, 3.05) is 33.3 Å². The summed E-state index contributed by atoms with van der Waals surface area (Å²) in [5.41, 5.74) is 0.0144. The van der Waals surface area contributed by atoms with E-state index in [2.05, 4.69) is 15.0 Å². The third-order valence-corrected chi connectivity index (χ3v) is 5.25. The maximum Gasteiger partial charge on any atom is 0.416 e. The number of hydrogen-bond donors (Lipinski definition) is 0. The topological polar surface area (TPSA) is 71.7 Å². The van der Waals surface area contributed by atoms with E-state index in [9.17, 15) is 18.0 Å². The molecule has 10 heteroatoms. The van der Waals surface area contributed by atoms with Gasteiger partial charge < -0.3 is 14.2 Å². The second kappa shape index (κ2) is 8.99. The molecule has 1 fully saturated rings. The smallest absolute Gasteiger partial charge is 0.416 e. The van der Waals surface area contributed by atoms with Gasteiger partial charge in [0.25, 0.3) is 11.8 Å². The third kappa shape index (κ3) is 4.91. The van der Waals surface area contributed by atoms with Gasteiger partial charge in [0.1, 0.15) is 5.75 Å². The van der Waals surface area contributed by atoms with Crippen LogP contribution >= 0.6 is 0 Å². The van der Waals surface area contributed by atoms with Gasteiger partial charge in [0.2, 0.25) is 0 Å². The van der Waals surface area contributed by atoms with E-state index in [4.69, 9.17) is 9.26 Å². The van der Waals surface area contributed by atoms with E-state index in [1.54, 1.807) is 36.3 Å². The van der Waals surface area contributed by atoms with Crippen LogP contribution in [-0.4, -0.2) is 59.1 Å². The van der Waals surface area contributed by atoms with Crippen LogP contribution in [0, 0.1) is 0 Å². The first-order valence-corrected chi connectivity index (χ1v) is 9.99. The first kappa shape index (κ1) is 21.8. The molecule has 1 amide bonds. The van der Waals surface area contributed by atoms with Crippen molar-refractivity contribution < 1.29 is 27.2 Å². The fourth-order valence-corrected chi connectivity index (χ4v) is 3.51. The normalized spacial score (nSPS) is 15.1. The SMILES string of the molecule is COc1cccc(C(=O)N2CCN(Cc3noc(-c4cccc(C(F)(F)F)c4)n3)CC2)c1. The number of aromatic nitrogens is 2. The third-order valence-electron chi connectivity index (χ3n) is 5.25. The van der Waals surface area contributed by atoms with E-state index in [1.165, 1.54) is 12.1 Å². The molecule has 0 radical (unpaired) electrons. The van der Waals surface area contributed by atoms with Crippen LogP contribution in [0.5, 0.6) is 5.75 Å². The van der Waals surface area contributed by atoms with E-state index in [-0.39, 0.29) is 17.4 Å². The van der Waals surface area contributed by atoms with Gasteiger partial charge in [-0.3, -0.25) is 9.69 Å². The fourth-order valence-electron chi connectivity index (χ4n) is 3.51. The van der Waals surface area contributed by atoms with Crippen LogP contribution in [0.3, 0.4) is 0 Å². The molecule has 0 aliphatic carbocycles. The number of carbonyl (C=O) groups is 1. The average molecular weight is 446 g/mol. The number of amides is 1. The number of hydrogen-bond acceptors (Lipinski definition) is 6. The number of rotatable bonds is 5. The summed E-state index contributed by atoms with van der Waals surface area (Å²) >= 11 is 0. The molecule has 1 aromatic heterocycles. The lowest BCUT2D eigenvalue weighted by Gasteiger charge is -2.34. The zero-order valence-electron chi connectivity index (χ0n) is 17.3. The zero-order chi connectivity index (χ0) is 22.7. The van der Waals surface area contributed by atoms with Gasteiger partial charge in [-0.15, -0.1) is 0 Å². The molecule has 1 aliphatic heterocycles. The largest absolute Gasteiger partial charge is 0.497 e. The van der Waals surface area contributed by atoms with Gasteiger partial charge in [0.15, 0.2) is 5.82 Å². The van der Waals surface area contributed by atoms with Crippen molar-refractivity contribution in [3.05, 3.63) is 65.5 Å². The van der Waals surface area contributed by atoms with Crippen LogP contribution in [0.4, 0.5) is 13.2 Å². The van der Waals surface area contributed by atoms with E-state index in [0.717, 1.165) is 12.1 Å². The zero-order valence-corrected chi connectivity index (χ0v) is 17.3. The molecule has 4 rings (SSSR count). The lowest BCUT2D eigenvalue weighted by molar-refractivity contribution is -0.137. The second-order valence-electron chi connectivity index (χ2n) is 7.39. The van der Waals surface area contributed by atoms with Crippen molar-refractivity contribution in [1.82, 2.24) is 19.9 Å². The first-order valence-electron chi connectivity index (χ1n) is 9.99. The van der Waals surface area contributed by atoms with Crippen molar-refractivity contribution in [3.63, 3.8) is 0 Å². The van der Waals surface area contributed by atoms with Crippen LogP contribution in [0.2, 0.25) is 0 Å². The molecule has 1 saturated heterocycles. The summed E-state index contributed by atoms with van der Waals surface area (Å²) in [5.74, 6) is 0.987. The maximum atomic E-state index is 12.9. The van der Waals surface area contributed by atoms with Gasteiger partial charge in [0, 0.05) is 37.3 Å². The van der Waals surface area contributed by atoms with Crippen molar-refractivity contribution in [2.24, 2.45) is 0 Å². The van der Waals surface area contributed by atoms with Crippen LogP contribution < -0.4 is 4.74 Å². The molecule has 168 valence electrons. The number of carbonyl (C=O) groups excluding carboxylic acids is 1. The highest BCUT2D eigenvalue weighted by atomic mass is 19.4. The maximum absolute atomic E-state index is 12.9. The Morgan fingerprint density at radius 2 is 1.84 bits per heavy atom. The molecule has 3 aromatic rings. The molecule has 0 bridgehead atoms. The quantitative estimate of drug-likeness (QED) is 0.595. The number of piperazine rings is 1. The Balaban J connectivity index is 1.35. The highest BCUT2D eigenvalue weighted by Crippen LogP contribution is 2.31. The Hall–Kier alpha value is -3.40. The molecular formula is C22H21F3N4O3. The molecule has 2 heterocycles. The Morgan fingerprint density at radius 1 is 1.09 bits per heavy atom. The summed E-state index contributed by atoms with van der Waals surface area (Å²) in [6, 6.07) is 11.8. The van der Waals surface area contributed by atoms with Crippen molar-refractivity contribution in [3.8, 4) is 17.2 Å². The molecule has 1 aliphatic rings. The van der Waals surface area contributed by atoms with Crippen molar-refractivity contribution in [1.29, 1.82) is 0 Å². The molecule has 0 atom stereocenters. The number of ether oxygens (including phenoxy) is 1. The predicted molar refractivity (Wildman–Crippen MR) is 109 cm³/mol. The summed E-state index contributed by atoms with van der Waals surface area (Å²) in [5, 5.41) is 3.90. The van der Waals surface area contributed by atoms with Gasteiger partial charge in [-0.2, -0.15) is 18.2 Å². The molecule has 2 aromatic carbocycles. The fraction of sp³-hybridized carbons (Fsp3) is 0.318.